The predicted octanol–water partition coefficient (Wildman–Crippen LogP) is 5.19. The zero-order valence-corrected chi connectivity index (χ0v) is 17.6. The van der Waals surface area contributed by atoms with E-state index < -0.39 is 5.91 Å². The lowest BCUT2D eigenvalue weighted by atomic mass is 10.1. The molecule has 0 aliphatic heterocycles. The predicted molar refractivity (Wildman–Crippen MR) is 115 cm³/mol. The van der Waals surface area contributed by atoms with Gasteiger partial charge in [-0.05, 0) is 70.7 Å². The van der Waals surface area contributed by atoms with Gasteiger partial charge in [0.2, 0.25) is 0 Å². The summed E-state index contributed by atoms with van der Waals surface area (Å²) in [5.74, 6) is 0.533. The third kappa shape index (κ3) is 5.24. The van der Waals surface area contributed by atoms with Crippen LogP contribution >= 0.6 is 15.9 Å². The number of ether oxygens (including phenoxy) is 2. The summed E-state index contributed by atoms with van der Waals surface area (Å²) in [6, 6.07) is 11.2. The third-order valence-electron chi connectivity index (χ3n) is 3.91. The molecule has 0 unspecified atom stereocenters. The van der Waals surface area contributed by atoms with Crippen molar-refractivity contribution in [2.45, 2.75) is 13.8 Å². The molecule has 0 saturated carbocycles. The molecule has 0 bridgehead atoms. The number of nitrogens with one attached hydrogen (secondary N) is 1. The number of methoxy groups -OCH3 is 1. The molecular weight excluding hydrogens is 420 g/mol. The van der Waals surface area contributed by atoms with Crippen LogP contribution in [-0.4, -0.2) is 19.6 Å². The van der Waals surface area contributed by atoms with E-state index >= 15 is 0 Å². The number of aryl methyl sites for hydroxylation is 2. The van der Waals surface area contributed by atoms with E-state index in [4.69, 9.17) is 9.47 Å². The first-order valence-electron chi connectivity index (χ1n) is 8.51. The van der Waals surface area contributed by atoms with Crippen molar-refractivity contribution in [1.82, 2.24) is 0 Å². The topological polar surface area (TPSA) is 71.3 Å². The number of benzene rings is 2. The number of hydrogen-bond acceptors (Lipinski definition) is 4. The highest BCUT2D eigenvalue weighted by molar-refractivity contribution is 9.10. The van der Waals surface area contributed by atoms with Crippen LogP contribution in [0.2, 0.25) is 0 Å². The van der Waals surface area contributed by atoms with Crippen molar-refractivity contribution < 1.29 is 14.3 Å². The van der Waals surface area contributed by atoms with Gasteiger partial charge >= 0.3 is 0 Å². The van der Waals surface area contributed by atoms with Gasteiger partial charge in [-0.15, -0.1) is 0 Å². The van der Waals surface area contributed by atoms with Crippen LogP contribution in [0.5, 0.6) is 11.5 Å². The number of carbonyl (C=O) groups is 1. The molecule has 0 heterocycles. The maximum absolute atomic E-state index is 12.6. The number of halogens is 1. The van der Waals surface area contributed by atoms with Crippen LogP contribution in [0.15, 0.2) is 53.0 Å². The summed E-state index contributed by atoms with van der Waals surface area (Å²) in [4.78, 5) is 12.6. The van der Waals surface area contributed by atoms with Crippen molar-refractivity contribution in [2.24, 2.45) is 0 Å². The molecule has 5 nitrogen and oxygen atoms in total. The van der Waals surface area contributed by atoms with Crippen molar-refractivity contribution in [2.75, 3.05) is 19.0 Å². The highest BCUT2D eigenvalue weighted by Gasteiger charge is 2.14. The Kier molecular flexibility index (Phi) is 7.42. The molecule has 1 amide bonds. The Bertz CT molecular complexity index is 974. The Labute approximate surface area is 173 Å². The molecule has 0 fully saturated rings. The van der Waals surface area contributed by atoms with E-state index in [1.807, 2.05) is 38.1 Å². The quantitative estimate of drug-likeness (QED) is 0.365. The molecule has 6 heteroatoms. The van der Waals surface area contributed by atoms with E-state index in [1.54, 1.807) is 18.2 Å². The van der Waals surface area contributed by atoms with Crippen molar-refractivity contribution in [3.8, 4) is 17.6 Å². The monoisotopic (exact) mass is 440 g/mol. The van der Waals surface area contributed by atoms with Crippen LogP contribution in [0, 0.1) is 25.2 Å². The minimum atomic E-state index is -0.474. The highest BCUT2D eigenvalue weighted by Crippen LogP contribution is 2.37. The molecule has 0 radical (unpaired) electrons. The smallest absolute Gasteiger partial charge is 0.266 e. The lowest BCUT2D eigenvalue weighted by Crippen LogP contribution is -2.14. The maximum Gasteiger partial charge on any atom is 0.266 e. The van der Waals surface area contributed by atoms with Gasteiger partial charge in [-0.25, -0.2) is 0 Å². The van der Waals surface area contributed by atoms with Gasteiger partial charge < -0.3 is 14.8 Å². The minimum Gasteiger partial charge on any atom is -0.493 e. The van der Waals surface area contributed by atoms with E-state index in [2.05, 4.69) is 27.8 Å². The first-order chi connectivity index (χ1) is 13.4. The molecule has 0 spiro atoms. The molecule has 0 aliphatic rings. The Morgan fingerprint density at radius 3 is 2.71 bits per heavy atom. The first-order valence-corrected chi connectivity index (χ1v) is 9.30. The molecule has 2 rings (SSSR count). The van der Waals surface area contributed by atoms with E-state index in [0.717, 1.165) is 11.1 Å². The van der Waals surface area contributed by atoms with E-state index in [-0.39, 0.29) is 5.57 Å². The van der Waals surface area contributed by atoms with Crippen LogP contribution in [0.1, 0.15) is 16.7 Å². The summed E-state index contributed by atoms with van der Waals surface area (Å²) in [6.45, 7) is 7.79. The summed E-state index contributed by atoms with van der Waals surface area (Å²) in [6.07, 6.45) is 3.14. The van der Waals surface area contributed by atoms with Crippen LogP contribution < -0.4 is 14.8 Å². The number of nitrogens with zero attached hydrogens (tertiary/aromatic N) is 1. The van der Waals surface area contributed by atoms with Crippen LogP contribution in [0.25, 0.3) is 6.08 Å². The summed E-state index contributed by atoms with van der Waals surface area (Å²) in [5.41, 5.74) is 3.23. The van der Waals surface area contributed by atoms with Gasteiger partial charge in [0.1, 0.15) is 18.2 Å². The van der Waals surface area contributed by atoms with Gasteiger partial charge in [0.25, 0.3) is 5.91 Å². The minimum absolute atomic E-state index is 0.0189. The SMILES string of the molecule is C=CCOc1c(Br)cc(/C=C(/C#N)C(=O)Nc2cc(C)ccc2C)cc1OC. The van der Waals surface area contributed by atoms with E-state index in [1.165, 1.54) is 13.2 Å². The van der Waals surface area contributed by atoms with Crippen molar-refractivity contribution >= 4 is 33.6 Å². The molecule has 2 aromatic rings. The fraction of sp³-hybridized carbons (Fsp3) is 0.182. The summed E-state index contributed by atoms with van der Waals surface area (Å²) in [5, 5.41) is 12.3. The molecule has 1 N–H and O–H groups in total. The Balaban J connectivity index is 2.34. The molecule has 144 valence electrons. The summed E-state index contributed by atoms with van der Waals surface area (Å²) in [7, 11) is 1.52. The molecule has 28 heavy (non-hydrogen) atoms. The van der Waals surface area contributed by atoms with Crippen molar-refractivity contribution in [3.63, 3.8) is 0 Å². The largest absolute Gasteiger partial charge is 0.493 e. The Hall–Kier alpha value is -3.04. The highest BCUT2D eigenvalue weighted by atomic mass is 79.9. The number of carbonyl (C=O) groups excluding carboxylic acids is 1. The average molecular weight is 441 g/mol. The summed E-state index contributed by atoms with van der Waals surface area (Å²) < 4.78 is 11.6. The van der Waals surface area contributed by atoms with E-state index in [0.29, 0.717) is 33.8 Å². The summed E-state index contributed by atoms with van der Waals surface area (Å²) >= 11 is 3.44. The Morgan fingerprint density at radius 2 is 2.07 bits per heavy atom. The standard InChI is InChI=1S/C22H21BrN2O3/c1-5-8-28-21-18(23)11-16(12-20(21)27-4)10-17(13-24)22(26)25-19-9-14(2)6-7-15(19)3/h5-7,9-12H,1,8H2,2-4H3,(H,25,26)/b17-10-. The maximum atomic E-state index is 12.6. The Morgan fingerprint density at radius 1 is 1.32 bits per heavy atom. The molecular formula is C22H21BrN2O3. The van der Waals surface area contributed by atoms with Gasteiger partial charge in [-0.3, -0.25) is 4.79 Å². The van der Waals surface area contributed by atoms with Gasteiger partial charge in [0, 0.05) is 5.69 Å². The van der Waals surface area contributed by atoms with Gasteiger partial charge in [0.05, 0.1) is 11.6 Å². The second-order valence-electron chi connectivity index (χ2n) is 6.08. The second kappa shape index (κ2) is 9.77. The molecule has 2 aromatic carbocycles. The van der Waals surface area contributed by atoms with Crippen molar-refractivity contribution in [3.05, 3.63) is 69.7 Å². The molecule has 0 aliphatic carbocycles. The van der Waals surface area contributed by atoms with Crippen molar-refractivity contribution in [1.29, 1.82) is 5.26 Å². The van der Waals surface area contributed by atoms with Gasteiger partial charge in [0.15, 0.2) is 11.5 Å². The first kappa shape index (κ1) is 21.3. The van der Waals surface area contributed by atoms with Gasteiger partial charge in [-0.1, -0.05) is 24.8 Å². The van der Waals surface area contributed by atoms with Gasteiger partial charge in [-0.2, -0.15) is 5.26 Å². The normalized spacial score (nSPS) is 10.8. The molecule has 0 saturated heterocycles. The zero-order chi connectivity index (χ0) is 20.7. The van der Waals surface area contributed by atoms with Crippen LogP contribution in [0.3, 0.4) is 0 Å². The van der Waals surface area contributed by atoms with Crippen LogP contribution in [-0.2, 0) is 4.79 Å². The lowest BCUT2D eigenvalue weighted by Gasteiger charge is -2.13. The molecule has 0 aromatic heterocycles. The third-order valence-corrected chi connectivity index (χ3v) is 4.50. The fourth-order valence-corrected chi connectivity index (χ4v) is 3.06. The lowest BCUT2D eigenvalue weighted by molar-refractivity contribution is -0.112. The zero-order valence-electron chi connectivity index (χ0n) is 16.0. The second-order valence-corrected chi connectivity index (χ2v) is 6.93. The fourth-order valence-electron chi connectivity index (χ4n) is 2.48. The number of rotatable bonds is 7. The van der Waals surface area contributed by atoms with E-state index in [9.17, 15) is 10.1 Å². The number of amides is 1. The number of anilines is 1. The van der Waals surface area contributed by atoms with Crippen LogP contribution in [0.4, 0.5) is 5.69 Å². The number of nitriles is 1. The average Bonchev–Trinajstić information content (AvgIpc) is 2.67. The molecule has 0 atom stereocenters. The number of hydrogen-bond donors (Lipinski definition) is 1.